The first-order chi connectivity index (χ1) is 14.0. The number of thiazole rings is 1. The summed E-state index contributed by atoms with van der Waals surface area (Å²) in [5.74, 6) is -0.219. The molecule has 0 bridgehead atoms. The van der Waals surface area contributed by atoms with Gasteiger partial charge in [-0.15, -0.1) is 11.3 Å². The fourth-order valence-corrected chi connectivity index (χ4v) is 4.03. The molecule has 5 nitrogen and oxygen atoms in total. The number of aromatic nitrogens is 1. The summed E-state index contributed by atoms with van der Waals surface area (Å²) in [4.78, 5) is 16.8. The van der Waals surface area contributed by atoms with Crippen LogP contribution < -0.4 is 5.63 Å². The van der Waals surface area contributed by atoms with E-state index in [0.29, 0.717) is 27.4 Å². The van der Waals surface area contributed by atoms with Gasteiger partial charge in [0.05, 0.1) is 26.9 Å². The van der Waals surface area contributed by atoms with E-state index in [1.54, 1.807) is 29.7 Å². The fourth-order valence-electron chi connectivity index (χ4n) is 2.74. The van der Waals surface area contributed by atoms with Gasteiger partial charge >= 0.3 is 5.63 Å². The monoisotopic (exact) mass is 440 g/mol. The molecular formula is C21H10Cl2N2O3S. The summed E-state index contributed by atoms with van der Waals surface area (Å²) in [7, 11) is 0. The summed E-state index contributed by atoms with van der Waals surface area (Å²) in [6.45, 7) is 0. The van der Waals surface area contributed by atoms with Crippen LogP contribution in [0.25, 0.3) is 33.9 Å². The largest absolute Gasteiger partial charge is 0.505 e. The predicted molar refractivity (Wildman–Crippen MR) is 115 cm³/mol. The van der Waals surface area contributed by atoms with Gasteiger partial charge in [0.15, 0.2) is 5.75 Å². The summed E-state index contributed by atoms with van der Waals surface area (Å²) in [6.07, 6.45) is 1.56. The van der Waals surface area contributed by atoms with E-state index >= 15 is 0 Å². The number of benzene rings is 2. The summed E-state index contributed by atoms with van der Waals surface area (Å²) in [5.41, 5.74) is 1.54. The minimum Gasteiger partial charge on any atom is -0.505 e. The number of nitrogens with zero attached hydrogens (tertiary/aromatic N) is 2. The normalized spacial score (nSPS) is 11.6. The molecule has 0 spiro atoms. The van der Waals surface area contributed by atoms with Gasteiger partial charge < -0.3 is 9.52 Å². The zero-order valence-corrected chi connectivity index (χ0v) is 16.8. The van der Waals surface area contributed by atoms with Crippen molar-refractivity contribution in [3.8, 4) is 23.1 Å². The molecule has 0 atom stereocenters. The lowest BCUT2D eigenvalue weighted by Gasteiger charge is -2.02. The van der Waals surface area contributed by atoms with Crippen LogP contribution in [0.4, 0.5) is 0 Å². The summed E-state index contributed by atoms with van der Waals surface area (Å²) in [5, 5.41) is 22.3. The Labute approximate surface area is 178 Å². The van der Waals surface area contributed by atoms with Crippen molar-refractivity contribution in [2.24, 2.45) is 0 Å². The highest BCUT2D eigenvalue weighted by Gasteiger charge is 2.14. The number of phenols is 1. The Morgan fingerprint density at radius 3 is 2.66 bits per heavy atom. The highest BCUT2D eigenvalue weighted by molar-refractivity contribution is 7.11. The highest BCUT2D eigenvalue weighted by atomic mass is 35.5. The van der Waals surface area contributed by atoms with E-state index in [1.807, 2.05) is 12.1 Å². The molecule has 0 saturated heterocycles. The van der Waals surface area contributed by atoms with Crippen LogP contribution >= 0.6 is 34.5 Å². The third kappa shape index (κ3) is 3.76. The number of aromatic hydroxyl groups is 1. The van der Waals surface area contributed by atoms with Crippen molar-refractivity contribution >= 4 is 57.2 Å². The first-order valence-electron chi connectivity index (χ1n) is 8.25. The number of halogens is 2. The van der Waals surface area contributed by atoms with Crippen LogP contribution in [-0.2, 0) is 0 Å². The van der Waals surface area contributed by atoms with Crippen molar-refractivity contribution in [2.45, 2.75) is 0 Å². The Morgan fingerprint density at radius 1 is 1.21 bits per heavy atom. The number of para-hydroxylation sites is 1. The van der Waals surface area contributed by atoms with Gasteiger partial charge in [-0.3, -0.25) is 0 Å². The predicted octanol–water partition coefficient (Wildman–Crippen LogP) is 5.99. The number of rotatable bonds is 3. The molecule has 29 heavy (non-hydrogen) atoms. The third-order valence-electron chi connectivity index (χ3n) is 4.12. The second-order valence-corrected chi connectivity index (χ2v) is 7.70. The summed E-state index contributed by atoms with van der Waals surface area (Å²) >= 11 is 13.1. The molecule has 0 saturated carbocycles. The average Bonchev–Trinajstić information content (AvgIpc) is 3.19. The van der Waals surface area contributed by atoms with Crippen LogP contribution in [-0.4, -0.2) is 10.1 Å². The van der Waals surface area contributed by atoms with Gasteiger partial charge in [0, 0.05) is 10.8 Å². The molecule has 0 radical (unpaired) electrons. The fraction of sp³-hybridized carbons (Fsp3) is 0. The Hall–Kier alpha value is -3.11. The Morgan fingerprint density at radius 2 is 1.93 bits per heavy atom. The van der Waals surface area contributed by atoms with Gasteiger partial charge in [0.1, 0.15) is 16.7 Å². The van der Waals surface area contributed by atoms with E-state index in [2.05, 4.69) is 11.1 Å². The number of fused-ring (bicyclic) bond motifs is 1. The van der Waals surface area contributed by atoms with Crippen LogP contribution in [0.2, 0.25) is 10.0 Å². The topological polar surface area (TPSA) is 87.1 Å². The van der Waals surface area contributed by atoms with Crippen molar-refractivity contribution in [3.63, 3.8) is 0 Å². The molecule has 0 aliphatic heterocycles. The molecule has 0 aliphatic rings. The molecular weight excluding hydrogens is 431 g/mol. The molecule has 0 unspecified atom stereocenters. The summed E-state index contributed by atoms with van der Waals surface area (Å²) in [6, 6.07) is 14.0. The van der Waals surface area contributed by atoms with Gasteiger partial charge in [-0.25, -0.2) is 9.78 Å². The third-order valence-corrected chi connectivity index (χ3v) is 5.57. The quantitative estimate of drug-likeness (QED) is 0.312. The lowest BCUT2D eigenvalue weighted by Crippen LogP contribution is -2.02. The SMILES string of the molecule is N#C/C(=C/c1cc(Cl)c(O)c(Cl)c1)c1nc(-c2cc3ccccc3oc2=O)cs1. The van der Waals surface area contributed by atoms with Gasteiger partial charge in [-0.05, 0) is 35.9 Å². The van der Waals surface area contributed by atoms with Crippen molar-refractivity contribution in [2.75, 3.05) is 0 Å². The van der Waals surface area contributed by atoms with Crippen molar-refractivity contribution < 1.29 is 9.52 Å². The zero-order chi connectivity index (χ0) is 20.5. The van der Waals surface area contributed by atoms with Crippen LogP contribution in [0.3, 0.4) is 0 Å². The highest BCUT2D eigenvalue weighted by Crippen LogP contribution is 2.34. The van der Waals surface area contributed by atoms with Gasteiger partial charge in [0.25, 0.3) is 0 Å². The van der Waals surface area contributed by atoms with Crippen LogP contribution in [0, 0.1) is 11.3 Å². The molecule has 0 aliphatic carbocycles. The van der Waals surface area contributed by atoms with E-state index in [9.17, 15) is 15.2 Å². The molecule has 1 N–H and O–H groups in total. The zero-order valence-electron chi connectivity index (χ0n) is 14.5. The van der Waals surface area contributed by atoms with Crippen LogP contribution in [0.5, 0.6) is 5.75 Å². The molecule has 142 valence electrons. The summed E-state index contributed by atoms with van der Waals surface area (Å²) < 4.78 is 5.35. The van der Waals surface area contributed by atoms with Crippen LogP contribution in [0.1, 0.15) is 10.6 Å². The molecule has 2 aromatic heterocycles. The van der Waals surface area contributed by atoms with E-state index < -0.39 is 5.63 Å². The van der Waals surface area contributed by atoms with Crippen molar-refractivity contribution in [1.29, 1.82) is 5.26 Å². The maximum absolute atomic E-state index is 12.3. The van der Waals surface area contributed by atoms with E-state index in [1.165, 1.54) is 23.5 Å². The van der Waals surface area contributed by atoms with Gasteiger partial charge in [0.2, 0.25) is 0 Å². The minimum absolute atomic E-state index is 0.0784. The lowest BCUT2D eigenvalue weighted by atomic mass is 10.1. The molecule has 0 amide bonds. The first kappa shape index (κ1) is 19.2. The number of hydrogen-bond donors (Lipinski definition) is 1. The van der Waals surface area contributed by atoms with Gasteiger partial charge in [-0.1, -0.05) is 41.4 Å². The Balaban J connectivity index is 1.76. The molecule has 2 aromatic carbocycles. The smallest absolute Gasteiger partial charge is 0.345 e. The Bertz CT molecular complexity index is 1360. The van der Waals surface area contributed by atoms with E-state index in [-0.39, 0.29) is 21.4 Å². The maximum Gasteiger partial charge on any atom is 0.345 e. The van der Waals surface area contributed by atoms with Crippen LogP contribution in [0.15, 0.2) is 57.1 Å². The van der Waals surface area contributed by atoms with Gasteiger partial charge in [-0.2, -0.15) is 5.26 Å². The van der Waals surface area contributed by atoms with Crippen molar-refractivity contribution in [1.82, 2.24) is 4.98 Å². The maximum atomic E-state index is 12.3. The lowest BCUT2D eigenvalue weighted by molar-refractivity contribution is 0.476. The molecule has 4 aromatic rings. The van der Waals surface area contributed by atoms with Crippen molar-refractivity contribution in [3.05, 3.63) is 78.9 Å². The standard InChI is InChI=1S/C21H10Cl2N2O3S/c22-15-6-11(7-16(23)19(15)26)5-13(9-24)20-25-17(10-29-20)14-8-12-3-1-2-4-18(12)28-21(14)27/h1-8,10,26H/b13-5-. The Kier molecular flexibility index (Phi) is 5.12. The number of phenolic OH excluding ortho intramolecular Hbond substituents is 1. The van der Waals surface area contributed by atoms with E-state index in [4.69, 9.17) is 27.6 Å². The first-order valence-corrected chi connectivity index (χ1v) is 9.89. The average molecular weight is 441 g/mol. The molecule has 4 rings (SSSR count). The van der Waals surface area contributed by atoms with E-state index in [0.717, 1.165) is 5.39 Å². The number of nitriles is 1. The second kappa shape index (κ2) is 7.72. The second-order valence-electron chi connectivity index (χ2n) is 6.03. The molecule has 8 heteroatoms. The molecule has 0 fully saturated rings. The minimum atomic E-state index is -0.500. The number of hydrogen-bond acceptors (Lipinski definition) is 6. The molecule has 2 heterocycles. The number of allylic oxidation sites excluding steroid dienone is 1.